The number of carbonyl (C=O) groups is 1. The molecule has 200 valence electrons. The Morgan fingerprint density at radius 3 is 1.95 bits per heavy atom. The van der Waals surface area contributed by atoms with Crippen LogP contribution in [0.25, 0.3) is 22.2 Å². The predicted octanol–water partition coefficient (Wildman–Crippen LogP) is 3.32. The predicted molar refractivity (Wildman–Crippen MR) is 135 cm³/mol. The standard InChI is InChI=1S/C26H26NO10P/c1-32-17-10-9-14(11-19(17)37-38(29,30)31)24-23(22-16(27-24)7-6-8-18(22)33-2)25(28)15-12-20(34-3)26(36-5)21(13-15)35-4/h6-13,27H,1-5H3,(H2,29,30,31)/p-2. The van der Waals surface area contributed by atoms with Crippen molar-refractivity contribution in [1.82, 2.24) is 4.98 Å². The number of hydrogen-bond donors (Lipinski definition) is 1. The molecule has 12 heteroatoms. The monoisotopic (exact) mass is 541 g/mol. The second-order valence-electron chi connectivity index (χ2n) is 7.91. The number of fused-ring (bicyclic) bond motifs is 1. The van der Waals surface area contributed by atoms with Gasteiger partial charge in [0.1, 0.15) is 13.6 Å². The van der Waals surface area contributed by atoms with Crippen molar-refractivity contribution in [2.24, 2.45) is 0 Å². The maximum absolute atomic E-state index is 14.1. The summed E-state index contributed by atoms with van der Waals surface area (Å²) in [6, 6.07) is 12.6. The van der Waals surface area contributed by atoms with Crippen molar-refractivity contribution in [3.63, 3.8) is 0 Å². The van der Waals surface area contributed by atoms with Crippen molar-refractivity contribution in [1.29, 1.82) is 0 Å². The van der Waals surface area contributed by atoms with E-state index in [-0.39, 0.29) is 34.1 Å². The lowest BCUT2D eigenvalue weighted by Gasteiger charge is -2.29. The summed E-state index contributed by atoms with van der Waals surface area (Å²) in [7, 11) is 1.71. The highest BCUT2D eigenvalue weighted by Crippen LogP contribution is 2.44. The Morgan fingerprint density at radius 1 is 0.763 bits per heavy atom. The summed E-state index contributed by atoms with van der Waals surface area (Å²) in [6.45, 7) is 0. The molecular formula is C26H24NO10P-2. The number of H-pyrrole nitrogens is 1. The van der Waals surface area contributed by atoms with Gasteiger partial charge in [0.2, 0.25) is 5.75 Å². The molecule has 0 fully saturated rings. The Hall–Kier alpha value is -4.18. The summed E-state index contributed by atoms with van der Waals surface area (Å²) in [5, 5.41) is 0.486. The van der Waals surface area contributed by atoms with Crippen LogP contribution < -0.4 is 38.0 Å². The number of phosphoric acid groups is 1. The van der Waals surface area contributed by atoms with Crippen molar-refractivity contribution >= 4 is 24.5 Å². The lowest BCUT2D eigenvalue weighted by molar-refractivity contribution is -0.333. The number of phosphoric ester groups is 1. The maximum Gasteiger partial charge on any atom is 0.203 e. The first-order chi connectivity index (χ1) is 18.1. The molecule has 0 amide bonds. The van der Waals surface area contributed by atoms with E-state index < -0.39 is 13.6 Å². The molecule has 0 radical (unpaired) electrons. The first-order valence-corrected chi connectivity index (χ1v) is 12.5. The molecule has 1 aromatic heterocycles. The van der Waals surface area contributed by atoms with Crippen LogP contribution in [-0.4, -0.2) is 46.3 Å². The SMILES string of the molecule is COc1ccc(-c2[nH]c3cccc(OC)c3c2C(=O)c2cc(OC)c(OC)c(OC)c2)cc1OP(=O)([O-])[O-]. The molecular weight excluding hydrogens is 517 g/mol. The Morgan fingerprint density at radius 2 is 1.39 bits per heavy atom. The Labute approximate surface area is 218 Å². The smallest absolute Gasteiger partial charge is 0.203 e. The number of hydrogen-bond acceptors (Lipinski definition) is 10. The van der Waals surface area contributed by atoms with Gasteiger partial charge in [0, 0.05) is 11.1 Å². The minimum absolute atomic E-state index is 0.0203. The van der Waals surface area contributed by atoms with Gasteiger partial charge in [-0.15, -0.1) is 0 Å². The molecule has 0 bridgehead atoms. The molecule has 0 aliphatic carbocycles. The van der Waals surface area contributed by atoms with Crippen LogP contribution in [0.15, 0.2) is 48.5 Å². The average molecular weight is 541 g/mol. The van der Waals surface area contributed by atoms with Crippen LogP contribution in [0.4, 0.5) is 0 Å². The number of ketones is 1. The summed E-state index contributed by atoms with van der Waals surface area (Å²) in [6.07, 6.45) is 0. The second-order valence-corrected chi connectivity index (χ2v) is 8.98. The topological polar surface area (TPSA) is 151 Å². The summed E-state index contributed by atoms with van der Waals surface area (Å²) < 4.78 is 42.9. The highest BCUT2D eigenvalue weighted by molar-refractivity contribution is 7.43. The zero-order valence-electron chi connectivity index (χ0n) is 21.1. The number of carbonyl (C=O) groups excluding carboxylic acids is 1. The van der Waals surface area contributed by atoms with Gasteiger partial charge in [-0.2, -0.15) is 0 Å². The summed E-state index contributed by atoms with van der Waals surface area (Å²) >= 11 is 0. The summed E-state index contributed by atoms with van der Waals surface area (Å²) in [5.41, 5.74) is 1.69. The van der Waals surface area contributed by atoms with E-state index in [1.165, 1.54) is 59.8 Å². The second kappa shape index (κ2) is 10.7. The van der Waals surface area contributed by atoms with Gasteiger partial charge in [-0.3, -0.25) is 4.79 Å². The van der Waals surface area contributed by atoms with Gasteiger partial charge >= 0.3 is 0 Å². The third kappa shape index (κ3) is 4.99. The number of aromatic amines is 1. The highest BCUT2D eigenvalue weighted by Gasteiger charge is 2.26. The van der Waals surface area contributed by atoms with Crippen LogP contribution in [0.5, 0.6) is 34.5 Å². The molecule has 4 rings (SSSR count). The average Bonchev–Trinajstić information content (AvgIpc) is 3.30. The fraction of sp³-hybridized carbons (Fsp3) is 0.192. The van der Waals surface area contributed by atoms with Crippen LogP contribution in [0.1, 0.15) is 15.9 Å². The van der Waals surface area contributed by atoms with E-state index in [1.54, 1.807) is 24.3 Å². The van der Waals surface area contributed by atoms with Gasteiger partial charge in [0.15, 0.2) is 28.8 Å². The van der Waals surface area contributed by atoms with E-state index in [0.29, 0.717) is 33.7 Å². The lowest BCUT2D eigenvalue weighted by Crippen LogP contribution is -2.18. The molecule has 1 N–H and O–H groups in total. The number of rotatable bonds is 10. The summed E-state index contributed by atoms with van der Waals surface area (Å²) in [4.78, 5) is 40.0. The van der Waals surface area contributed by atoms with Crippen LogP contribution >= 0.6 is 7.82 Å². The fourth-order valence-electron chi connectivity index (χ4n) is 4.21. The van der Waals surface area contributed by atoms with Crippen LogP contribution in [-0.2, 0) is 4.57 Å². The molecule has 11 nitrogen and oxygen atoms in total. The Balaban J connectivity index is 2.00. The Bertz CT molecular complexity index is 1530. The normalized spacial score (nSPS) is 11.2. The quantitative estimate of drug-likeness (QED) is 0.234. The minimum Gasteiger partial charge on any atom is -0.780 e. The zero-order valence-corrected chi connectivity index (χ0v) is 22.0. The lowest BCUT2D eigenvalue weighted by atomic mass is 9.96. The van der Waals surface area contributed by atoms with Gasteiger partial charge in [-0.25, -0.2) is 0 Å². The third-order valence-electron chi connectivity index (χ3n) is 5.82. The zero-order chi connectivity index (χ0) is 27.6. The molecule has 0 saturated heterocycles. The van der Waals surface area contributed by atoms with Gasteiger partial charge in [-0.05, 0) is 42.5 Å². The van der Waals surface area contributed by atoms with E-state index in [2.05, 4.69) is 9.51 Å². The number of aromatic nitrogens is 1. The van der Waals surface area contributed by atoms with E-state index in [1.807, 2.05) is 0 Å². The van der Waals surface area contributed by atoms with Gasteiger partial charge in [0.05, 0.1) is 57.7 Å². The number of benzene rings is 3. The number of methoxy groups -OCH3 is 5. The van der Waals surface area contributed by atoms with Crippen molar-refractivity contribution in [2.75, 3.05) is 35.5 Å². The largest absolute Gasteiger partial charge is 0.780 e. The molecule has 0 aliphatic heterocycles. The van der Waals surface area contributed by atoms with E-state index >= 15 is 0 Å². The third-order valence-corrected chi connectivity index (χ3v) is 6.24. The fourth-order valence-corrected chi connectivity index (χ4v) is 4.59. The van der Waals surface area contributed by atoms with Gasteiger partial charge in [-0.1, -0.05) is 6.07 Å². The van der Waals surface area contributed by atoms with Crippen molar-refractivity contribution < 1.29 is 47.4 Å². The summed E-state index contributed by atoms with van der Waals surface area (Å²) in [5.74, 6) is 0.582. The molecule has 0 aliphatic rings. The molecule has 38 heavy (non-hydrogen) atoms. The first-order valence-electron chi connectivity index (χ1n) is 11.1. The van der Waals surface area contributed by atoms with Crippen molar-refractivity contribution in [3.8, 4) is 45.8 Å². The van der Waals surface area contributed by atoms with E-state index in [0.717, 1.165) is 0 Å². The van der Waals surface area contributed by atoms with Crippen LogP contribution in [0, 0.1) is 0 Å². The first kappa shape index (κ1) is 26.9. The molecule has 0 saturated carbocycles. The minimum atomic E-state index is -5.40. The van der Waals surface area contributed by atoms with Crippen molar-refractivity contribution in [2.45, 2.75) is 0 Å². The molecule has 0 spiro atoms. The van der Waals surface area contributed by atoms with Crippen LogP contribution in [0.2, 0.25) is 0 Å². The molecule has 1 heterocycles. The van der Waals surface area contributed by atoms with Crippen LogP contribution in [0.3, 0.4) is 0 Å². The molecule has 0 atom stereocenters. The van der Waals surface area contributed by atoms with Gasteiger partial charge < -0.3 is 47.5 Å². The van der Waals surface area contributed by atoms with Crippen molar-refractivity contribution in [3.05, 3.63) is 59.7 Å². The molecule has 4 aromatic rings. The highest BCUT2D eigenvalue weighted by atomic mass is 31.2. The number of ether oxygens (including phenoxy) is 5. The maximum atomic E-state index is 14.1. The van der Waals surface area contributed by atoms with Gasteiger partial charge in [0.25, 0.3) is 0 Å². The Kier molecular flexibility index (Phi) is 7.54. The number of nitrogens with one attached hydrogen (secondary N) is 1. The van der Waals surface area contributed by atoms with E-state index in [4.69, 9.17) is 23.7 Å². The molecule has 3 aromatic carbocycles. The van der Waals surface area contributed by atoms with E-state index in [9.17, 15) is 19.1 Å². The molecule has 0 unspecified atom stereocenters.